The Bertz CT molecular complexity index is 592. The molecular weight excluding hydrogens is 407 g/mol. The quantitative estimate of drug-likeness (QED) is 0.508. The molecule has 6 nitrogen and oxygen atoms in total. The van der Waals surface area contributed by atoms with Crippen LogP contribution in [-0.4, -0.2) is 42.5 Å². The van der Waals surface area contributed by atoms with Crippen molar-refractivity contribution in [2.24, 2.45) is 0 Å². The van der Waals surface area contributed by atoms with E-state index in [0.717, 1.165) is 30.3 Å². The number of amides is 2. The van der Waals surface area contributed by atoms with Gasteiger partial charge in [0.25, 0.3) is 0 Å². The molecule has 1 saturated heterocycles. The maximum Gasteiger partial charge on any atom is 0.228 e. The van der Waals surface area contributed by atoms with Crippen LogP contribution in [0.1, 0.15) is 57.1 Å². The number of thiazole rings is 1. The molecule has 1 saturated carbocycles. The summed E-state index contributed by atoms with van der Waals surface area (Å²) in [5.74, 6) is 0.127. The highest BCUT2D eigenvalue weighted by atomic mass is 35.5. The second-order valence-corrected chi connectivity index (χ2v) is 7.78. The molecular formula is C18H30Cl2N4O2S. The van der Waals surface area contributed by atoms with Gasteiger partial charge >= 0.3 is 0 Å². The minimum atomic E-state index is -0.00716. The molecule has 2 aliphatic rings. The summed E-state index contributed by atoms with van der Waals surface area (Å²) in [5.41, 5.74) is 0.744. The van der Waals surface area contributed by atoms with Gasteiger partial charge in [-0.3, -0.25) is 14.5 Å². The zero-order valence-corrected chi connectivity index (χ0v) is 18.0. The minimum absolute atomic E-state index is 0. The molecule has 0 bridgehead atoms. The molecule has 27 heavy (non-hydrogen) atoms. The Hall–Kier alpha value is -0.890. The molecule has 0 spiro atoms. The van der Waals surface area contributed by atoms with E-state index in [2.05, 4.69) is 15.6 Å². The first-order valence-electron chi connectivity index (χ1n) is 9.47. The summed E-state index contributed by atoms with van der Waals surface area (Å²) in [4.78, 5) is 30.0. The number of halogens is 2. The lowest BCUT2D eigenvalue weighted by molar-refractivity contribution is -0.120. The summed E-state index contributed by atoms with van der Waals surface area (Å²) in [7, 11) is 0. The number of anilines is 1. The van der Waals surface area contributed by atoms with Crippen molar-refractivity contribution in [2.45, 2.75) is 63.8 Å². The van der Waals surface area contributed by atoms with Crippen molar-refractivity contribution in [2.75, 3.05) is 24.5 Å². The van der Waals surface area contributed by atoms with Crippen LogP contribution in [0.25, 0.3) is 0 Å². The van der Waals surface area contributed by atoms with Crippen molar-refractivity contribution in [1.29, 1.82) is 0 Å². The number of carbonyl (C=O) groups excluding carboxylic acids is 2. The molecule has 1 aliphatic carbocycles. The van der Waals surface area contributed by atoms with Gasteiger partial charge in [0.15, 0.2) is 5.13 Å². The maximum absolute atomic E-state index is 12.1. The van der Waals surface area contributed by atoms with E-state index in [1.165, 1.54) is 49.9 Å². The van der Waals surface area contributed by atoms with Crippen LogP contribution in [0.3, 0.4) is 0 Å². The van der Waals surface area contributed by atoms with Crippen LogP contribution in [0.15, 0.2) is 5.38 Å². The Labute approximate surface area is 177 Å². The van der Waals surface area contributed by atoms with Crippen molar-refractivity contribution in [3.05, 3.63) is 11.1 Å². The van der Waals surface area contributed by atoms with Crippen molar-refractivity contribution >= 4 is 53.1 Å². The Morgan fingerprint density at radius 3 is 2.56 bits per heavy atom. The van der Waals surface area contributed by atoms with Gasteiger partial charge in [-0.2, -0.15) is 0 Å². The van der Waals surface area contributed by atoms with Crippen LogP contribution in [0.2, 0.25) is 0 Å². The van der Waals surface area contributed by atoms with Gasteiger partial charge < -0.3 is 10.6 Å². The molecule has 2 amide bonds. The van der Waals surface area contributed by atoms with E-state index in [9.17, 15) is 9.59 Å². The summed E-state index contributed by atoms with van der Waals surface area (Å²) in [6, 6.07) is 0.610. The molecule has 3 rings (SSSR count). The third-order valence-electron chi connectivity index (χ3n) is 4.92. The Morgan fingerprint density at radius 1 is 1.15 bits per heavy atom. The van der Waals surface area contributed by atoms with E-state index in [1.54, 1.807) is 4.90 Å². The summed E-state index contributed by atoms with van der Waals surface area (Å²) in [6.45, 7) is 2.21. The summed E-state index contributed by atoms with van der Waals surface area (Å²) in [5, 5.41) is 9.11. The number of nitrogens with one attached hydrogen (secondary N) is 2. The molecule has 2 heterocycles. The van der Waals surface area contributed by atoms with E-state index in [0.29, 0.717) is 19.0 Å². The standard InChI is InChI=1S/C18H28N4O2S.2ClH/c23-16(20-10-9-19-14-6-3-1-2-4-7-14)12-15-13-25-18(21-15)22-11-5-8-17(22)24;;/h13-14,19H,1-12H2,(H,20,23);2*1H. The van der Waals surface area contributed by atoms with Gasteiger partial charge in [0.05, 0.1) is 12.1 Å². The lowest BCUT2D eigenvalue weighted by Gasteiger charge is -2.16. The topological polar surface area (TPSA) is 74.3 Å². The van der Waals surface area contributed by atoms with Crippen LogP contribution in [-0.2, 0) is 16.0 Å². The molecule has 154 valence electrons. The number of hydrogen-bond donors (Lipinski definition) is 2. The molecule has 0 unspecified atom stereocenters. The minimum Gasteiger partial charge on any atom is -0.354 e. The number of rotatable bonds is 7. The smallest absolute Gasteiger partial charge is 0.228 e. The maximum atomic E-state index is 12.1. The summed E-state index contributed by atoms with van der Waals surface area (Å²) >= 11 is 1.44. The average Bonchev–Trinajstić information content (AvgIpc) is 3.13. The molecule has 1 aromatic rings. The molecule has 0 atom stereocenters. The highest BCUT2D eigenvalue weighted by Gasteiger charge is 2.24. The third-order valence-corrected chi connectivity index (χ3v) is 5.83. The van der Waals surface area contributed by atoms with Gasteiger partial charge in [0.1, 0.15) is 0 Å². The first-order chi connectivity index (χ1) is 12.2. The summed E-state index contributed by atoms with van der Waals surface area (Å²) in [6.07, 6.45) is 9.62. The van der Waals surface area contributed by atoms with Gasteiger partial charge in [0, 0.05) is 37.5 Å². The number of nitrogens with zero attached hydrogens (tertiary/aromatic N) is 2. The Morgan fingerprint density at radius 2 is 1.89 bits per heavy atom. The lowest BCUT2D eigenvalue weighted by Crippen LogP contribution is -2.37. The van der Waals surface area contributed by atoms with Crippen LogP contribution in [0.5, 0.6) is 0 Å². The largest absolute Gasteiger partial charge is 0.354 e. The Balaban J connectivity index is 0.00000182. The van der Waals surface area contributed by atoms with Crippen molar-refractivity contribution in [3.63, 3.8) is 0 Å². The fourth-order valence-corrected chi connectivity index (χ4v) is 4.41. The predicted octanol–water partition coefficient (Wildman–Crippen LogP) is 3.08. The molecule has 1 aliphatic heterocycles. The van der Waals surface area contributed by atoms with Gasteiger partial charge in [-0.1, -0.05) is 25.7 Å². The van der Waals surface area contributed by atoms with E-state index >= 15 is 0 Å². The fraction of sp³-hybridized carbons (Fsp3) is 0.722. The molecule has 1 aromatic heterocycles. The fourth-order valence-electron chi connectivity index (χ4n) is 3.54. The zero-order valence-electron chi connectivity index (χ0n) is 15.6. The second kappa shape index (κ2) is 12.5. The van der Waals surface area contributed by atoms with E-state index in [1.807, 2.05) is 5.38 Å². The third kappa shape index (κ3) is 7.56. The zero-order chi connectivity index (χ0) is 17.5. The molecule has 0 radical (unpaired) electrons. The highest BCUT2D eigenvalue weighted by molar-refractivity contribution is 7.14. The molecule has 2 fully saturated rings. The van der Waals surface area contributed by atoms with Gasteiger partial charge in [0.2, 0.25) is 11.8 Å². The van der Waals surface area contributed by atoms with Crippen molar-refractivity contribution in [1.82, 2.24) is 15.6 Å². The lowest BCUT2D eigenvalue weighted by atomic mass is 10.1. The van der Waals surface area contributed by atoms with Crippen molar-refractivity contribution < 1.29 is 9.59 Å². The van der Waals surface area contributed by atoms with Crippen LogP contribution in [0, 0.1) is 0 Å². The van der Waals surface area contributed by atoms with Crippen LogP contribution in [0.4, 0.5) is 5.13 Å². The highest BCUT2D eigenvalue weighted by Crippen LogP contribution is 2.25. The van der Waals surface area contributed by atoms with Gasteiger partial charge in [-0.15, -0.1) is 36.2 Å². The van der Waals surface area contributed by atoms with E-state index in [4.69, 9.17) is 0 Å². The first-order valence-corrected chi connectivity index (χ1v) is 10.3. The molecule has 2 N–H and O–H groups in total. The van der Waals surface area contributed by atoms with Gasteiger partial charge in [-0.05, 0) is 19.3 Å². The monoisotopic (exact) mass is 436 g/mol. The van der Waals surface area contributed by atoms with Gasteiger partial charge in [-0.25, -0.2) is 4.98 Å². The molecule has 9 heteroatoms. The SMILES string of the molecule is Cl.Cl.O=C(Cc1csc(N2CCCC2=O)n1)NCCNC1CCCCCC1. The summed E-state index contributed by atoms with van der Waals surface area (Å²) < 4.78 is 0. The number of carbonyl (C=O) groups is 2. The predicted molar refractivity (Wildman–Crippen MR) is 114 cm³/mol. The first kappa shape index (κ1) is 24.1. The Kier molecular flexibility index (Phi) is 11.2. The number of aromatic nitrogens is 1. The normalized spacial score (nSPS) is 17.8. The van der Waals surface area contributed by atoms with Crippen LogP contribution >= 0.6 is 36.2 Å². The van der Waals surface area contributed by atoms with Crippen LogP contribution < -0.4 is 15.5 Å². The van der Waals surface area contributed by atoms with Crippen molar-refractivity contribution in [3.8, 4) is 0 Å². The van der Waals surface area contributed by atoms with E-state index < -0.39 is 0 Å². The number of hydrogen-bond acceptors (Lipinski definition) is 5. The average molecular weight is 437 g/mol. The van der Waals surface area contributed by atoms with E-state index in [-0.39, 0.29) is 43.0 Å². The second-order valence-electron chi connectivity index (χ2n) is 6.94. The molecule has 0 aromatic carbocycles.